The van der Waals surface area contributed by atoms with Crippen molar-refractivity contribution in [1.82, 2.24) is 14.8 Å². The first-order chi connectivity index (χ1) is 10.7. The van der Waals surface area contributed by atoms with Crippen LogP contribution in [0.3, 0.4) is 0 Å². The second-order valence-corrected chi connectivity index (χ2v) is 5.82. The van der Waals surface area contributed by atoms with Gasteiger partial charge in [-0.25, -0.2) is 9.78 Å². The number of fused-ring (bicyclic) bond motifs is 1. The maximum absolute atomic E-state index is 11.8. The molecule has 0 aliphatic carbocycles. The van der Waals surface area contributed by atoms with E-state index in [0.717, 1.165) is 21.6 Å². The summed E-state index contributed by atoms with van der Waals surface area (Å²) in [5, 5.41) is 8.37. The minimum atomic E-state index is -0.266. The molecule has 3 aromatic rings. The molecule has 0 fully saturated rings. The molecule has 1 aromatic carbocycles. The van der Waals surface area contributed by atoms with Crippen LogP contribution in [-0.2, 0) is 18.3 Å². The topological polar surface area (TPSA) is 69.0 Å². The number of aryl methyl sites for hydroxylation is 1. The lowest BCUT2D eigenvalue weighted by atomic mass is 10.2. The van der Waals surface area contributed by atoms with E-state index in [1.165, 1.54) is 17.7 Å². The molecule has 6 nitrogen and oxygen atoms in total. The number of nitrogens with one attached hydrogen (secondary N) is 1. The Kier molecular flexibility index (Phi) is 4.06. The second-order valence-electron chi connectivity index (χ2n) is 4.74. The summed E-state index contributed by atoms with van der Waals surface area (Å²) in [5.41, 5.74) is 0.976. The minimum absolute atomic E-state index is 0.266. The van der Waals surface area contributed by atoms with Crippen molar-refractivity contribution in [2.24, 2.45) is 7.05 Å². The van der Waals surface area contributed by atoms with Gasteiger partial charge in [0.05, 0.1) is 13.2 Å². The molecule has 2 heterocycles. The van der Waals surface area contributed by atoms with E-state index in [2.05, 4.69) is 15.4 Å². The normalized spacial score (nSPS) is 10.8. The summed E-state index contributed by atoms with van der Waals surface area (Å²) < 4.78 is 7.83. The van der Waals surface area contributed by atoms with Gasteiger partial charge in [-0.2, -0.15) is 5.10 Å². The standard InChI is InChI=1S/C15H16N4O2S/c1-3-21-15(20)13-7-10-6-11(4-5-12(10)22-13)16-8-14-17-9-18-19(14)2/h4-7,9,16H,3,8H2,1-2H3. The molecule has 0 spiro atoms. The molecule has 0 amide bonds. The molecule has 0 aliphatic rings. The Hall–Kier alpha value is -2.41. The molecule has 3 rings (SSSR count). The molecular weight excluding hydrogens is 300 g/mol. The van der Waals surface area contributed by atoms with Crippen molar-refractivity contribution in [1.29, 1.82) is 0 Å². The zero-order valence-corrected chi connectivity index (χ0v) is 13.2. The van der Waals surface area contributed by atoms with Crippen molar-refractivity contribution < 1.29 is 9.53 Å². The van der Waals surface area contributed by atoms with Gasteiger partial charge in [0.25, 0.3) is 0 Å². The van der Waals surface area contributed by atoms with Gasteiger partial charge in [-0.05, 0) is 36.6 Å². The Morgan fingerprint density at radius 2 is 2.27 bits per heavy atom. The molecule has 114 valence electrons. The van der Waals surface area contributed by atoms with Crippen molar-refractivity contribution in [3.05, 3.63) is 41.3 Å². The van der Waals surface area contributed by atoms with E-state index in [4.69, 9.17) is 4.74 Å². The van der Waals surface area contributed by atoms with Gasteiger partial charge in [0.1, 0.15) is 17.0 Å². The summed E-state index contributed by atoms with van der Waals surface area (Å²) in [6.07, 6.45) is 1.53. The third-order valence-electron chi connectivity index (χ3n) is 3.25. The second kappa shape index (κ2) is 6.15. The van der Waals surface area contributed by atoms with Gasteiger partial charge in [0.15, 0.2) is 0 Å². The van der Waals surface area contributed by atoms with E-state index in [-0.39, 0.29) is 5.97 Å². The number of rotatable bonds is 5. The molecule has 0 unspecified atom stereocenters. The van der Waals surface area contributed by atoms with Crippen LogP contribution >= 0.6 is 11.3 Å². The van der Waals surface area contributed by atoms with E-state index in [1.54, 1.807) is 11.6 Å². The lowest BCUT2D eigenvalue weighted by Gasteiger charge is -2.05. The zero-order valence-electron chi connectivity index (χ0n) is 12.4. The summed E-state index contributed by atoms with van der Waals surface area (Å²) in [6, 6.07) is 7.88. The van der Waals surface area contributed by atoms with Crippen LogP contribution in [0.5, 0.6) is 0 Å². The highest BCUT2D eigenvalue weighted by atomic mass is 32.1. The predicted molar refractivity (Wildman–Crippen MR) is 86.1 cm³/mol. The molecule has 0 saturated carbocycles. The summed E-state index contributed by atoms with van der Waals surface area (Å²) in [4.78, 5) is 16.6. The fourth-order valence-corrected chi connectivity index (χ4v) is 3.05. The van der Waals surface area contributed by atoms with Gasteiger partial charge in [-0.3, -0.25) is 4.68 Å². The van der Waals surface area contributed by atoms with Gasteiger partial charge in [0.2, 0.25) is 0 Å². The first-order valence-corrected chi connectivity index (χ1v) is 7.76. The third-order valence-corrected chi connectivity index (χ3v) is 4.34. The van der Waals surface area contributed by atoms with E-state index in [0.29, 0.717) is 18.0 Å². The van der Waals surface area contributed by atoms with E-state index in [9.17, 15) is 4.79 Å². The Labute approximate surface area is 131 Å². The third kappa shape index (κ3) is 2.94. The molecule has 0 saturated heterocycles. The van der Waals surface area contributed by atoms with Crippen molar-refractivity contribution in [2.45, 2.75) is 13.5 Å². The van der Waals surface area contributed by atoms with Crippen LogP contribution < -0.4 is 5.32 Å². The number of aromatic nitrogens is 3. The molecule has 22 heavy (non-hydrogen) atoms. The van der Waals surface area contributed by atoms with Crippen LogP contribution in [-0.4, -0.2) is 27.3 Å². The van der Waals surface area contributed by atoms with Crippen LogP contribution in [0, 0.1) is 0 Å². The highest BCUT2D eigenvalue weighted by Gasteiger charge is 2.11. The molecule has 1 N–H and O–H groups in total. The van der Waals surface area contributed by atoms with Crippen molar-refractivity contribution in [3.63, 3.8) is 0 Å². The highest BCUT2D eigenvalue weighted by Crippen LogP contribution is 2.28. The van der Waals surface area contributed by atoms with Gasteiger partial charge < -0.3 is 10.1 Å². The molecule has 7 heteroatoms. The number of esters is 1. The van der Waals surface area contributed by atoms with Crippen LogP contribution in [0.2, 0.25) is 0 Å². The van der Waals surface area contributed by atoms with Crippen LogP contribution in [0.25, 0.3) is 10.1 Å². The lowest BCUT2D eigenvalue weighted by molar-refractivity contribution is 0.0532. The number of benzene rings is 1. The molecular formula is C15H16N4O2S. The number of anilines is 1. The quantitative estimate of drug-likeness (QED) is 0.733. The number of hydrogen-bond donors (Lipinski definition) is 1. The fraction of sp³-hybridized carbons (Fsp3) is 0.267. The zero-order chi connectivity index (χ0) is 15.5. The van der Waals surface area contributed by atoms with Crippen molar-refractivity contribution >= 4 is 33.1 Å². The van der Waals surface area contributed by atoms with E-state index >= 15 is 0 Å². The monoisotopic (exact) mass is 316 g/mol. The molecule has 2 aromatic heterocycles. The average molecular weight is 316 g/mol. The van der Waals surface area contributed by atoms with Crippen molar-refractivity contribution in [3.8, 4) is 0 Å². The van der Waals surface area contributed by atoms with Crippen molar-refractivity contribution in [2.75, 3.05) is 11.9 Å². The van der Waals surface area contributed by atoms with Gasteiger partial charge in [0, 0.05) is 17.4 Å². The number of carbonyl (C=O) groups excluding carboxylic acids is 1. The largest absolute Gasteiger partial charge is 0.462 e. The summed E-state index contributed by atoms with van der Waals surface area (Å²) in [7, 11) is 1.86. The summed E-state index contributed by atoms with van der Waals surface area (Å²) >= 11 is 1.44. The van der Waals surface area contributed by atoms with E-state index < -0.39 is 0 Å². The molecule has 0 atom stereocenters. The van der Waals surface area contributed by atoms with Gasteiger partial charge >= 0.3 is 5.97 Å². The Morgan fingerprint density at radius 3 is 3.00 bits per heavy atom. The van der Waals surface area contributed by atoms with E-state index in [1.807, 2.05) is 31.3 Å². The fourth-order valence-electron chi connectivity index (χ4n) is 2.12. The highest BCUT2D eigenvalue weighted by molar-refractivity contribution is 7.20. The first kappa shape index (κ1) is 14.5. The molecule has 0 bridgehead atoms. The van der Waals surface area contributed by atoms with Crippen LogP contribution in [0.1, 0.15) is 22.4 Å². The maximum Gasteiger partial charge on any atom is 0.348 e. The SMILES string of the molecule is CCOC(=O)c1cc2cc(NCc3ncnn3C)ccc2s1. The Balaban J connectivity index is 1.77. The number of carbonyl (C=O) groups is 1. The van der Waals surface area contributed by atoms with Gasteiger partial charge in [-0.1, -0.05) is 0 Å². The number of thiophene rings is 1. The number of ether oxygens (including phenoxy) is 1. The number of nitrogens with zero attached hydrogens (tertiary/aromatic N) is 3. The lowest BCUT2D eigenvalue weighted by Crippen LogP contribution is -2.06. The first-order valence-electron chi connectivity index (χ1n) is 6.95. The maximum atomic E-state index is 11.8. The predicted octanol–water partition coefficient (Wildman–Crippen LogP) is 2.82. The molecule has 0 aliphatic heterocycles. The average Bonchev–Trinajstić information content (AvgIpc) is 3.11. The Morgan fingerprint density at radius 1 is 1.41 bits per heavy atom. The minimum Gasteiger partial charge on any atom is -0.462 e. The van der Waals surface area contributed by atoms with Crippen LogP contribution in [0.4, 0.5) is 5.69 Å². The summed E-state index contributed by atoms with van der Waals surface area (Å²) in [6.45, 7) is 2.79. The van der Waals surface area contributed by atoms with Crippen LogP contribution in [0.15, 0.2) is 30.6 Å². The summed E-state index contributed by atoms with van der Waals surface area (Å²) in [5.74, 6) is 0.593. The Bertz CT molecular complexity index is 809. The smallest absolute Gasteiger partial charge is 0.348 e. The van der Waals surface area contributed by atoms with Gasteiger partial charge in [-0.15, -0.1) is 11.3 Å². The molecule has 0 radical (unpaired) electrons. The number of hydrogen-bond acceptors (Lipinski definition) is 6.